The summed E-state index contributed by atoms with van der Waals surface area (Å²) in [4.78, 5) is 11.2. The molecule has 5 nitrogen and oxygen atoms in total. The highest BCUT2D eigenvalue weighted by atomic mass is 15.1. The Bertz CT molecular complexity index is 6500. The summed E-state index contributed by atoms with van der Waals surface area (Å²) in [7, 11) is 10.6. The summed E-state index contributed by atoms with van der Waals surface area (Å²) in [5, 5.41) is 17.8. The van der Waals surface area contributed by atoms with Crippen LogP contribution in [0.1, 0.15) is 0 Å². The molecule has 0 aliphatic rings. The number of hydrogen-bond acceptors (Lipinski definition) is 5. The number of nitrogens with zero attached hydrogens (tertiary/aromatic N) is 5. The molecular formula is C111H91N5. The van der Waals surface area contributed by atoms with Gasteiger partial charge >= 0.3 is 0 Å². The maximum Gasteiger partial charge on any atom is 0.0487 e. The molecule has 0 fully saturated rings. The van der Waals surface area contributed by atoms with E-state index in [1.165, 1.54) is 166 Å². The average Bonchev–Trinajstić information content (AvgIpc) is 0.800. The topological polar surface area (TPSA) is 16.2 Å². The predicted molar refractivity (Wildman–Crippen MR) is 504 cm³/mol. The zero-order valence-corrected chi connectivity index (χ0v) is 66.1. The SMILES string of the molecule is CN(c1ccc(-c2ccccc2)cc1)c1ccc2ccccc2c1.CN(c1ccc(-c2ccccc2)cc1)c1cccc2ccccc12.CN(c1ccc2ccccc2c1)c1ccc2ccccc2c1.CN(c1cccc(-c2ccccc2)c1)c1cccc2ccccc12.CN(c1cccc2ccccc12)c1cccc2ccccc12. The Balaban J connectivity index is 0.000000109. The number of benzene rings is 20. The summed E-state index contributed by atoms with van der Waals surface area (Å²) in [5.74, 6) is 0. The van der Waals surface area contributed by atoms with Crippen molar-refractivity contribution < 1.29 is 0 Å². The molecule has 20 rings (SSSR count). The van der Waals surface area contributed by atoms with Gasteiger partial charge in [-0.1, -0.05) is 364 Å². The second-order valence-electron chi connectivity index (χ2n) is 29.1. The molecule has 20 aromatic carbocycles. The second-order valence-corrected chi connectivity index (χ2v) is 29.1. The van der Waals surface area contributed by atoms with E-state index in [0.29, 0.717) is 0 Å². The van der Waals surface area contributed by atoms with Crippen LogP contribution >= 0.6 is 0 Å². The lowest BCUT2D eigenvalue weighted by atomic mass is 10.0. The molecule has 0 bridgehead atoms. The van der Waals surface area contributed by atoms with Crippen LogP contribution in [0.2, 0.25) is 0 Å². The quantitative estimate of drug-likeness (QED) is 0.114. The summed E-state index contributed by atoms with van der Waals surface area (Å²) in [5.41, 5.74) is 19.5. The molecule has 0 heterocycles. The third-order valence-corrected chi connectivity index (χ3v) is 21.9. The first-order valence-electron chi connectivity index (χ1n) is 39.6. The molecule has 116 heavy (non-hydrogen) atoms. The van der Waals surface area contributed by atoms with Crippen LogP contribution in [0, 0.1) is 0 Å². The first-order valence-corrected chi connectivity index (χ1v) is 39.6. The first kappa shape index (κ1) is 75.3. The molecule has 0 N–H and O–H groups in total. The van der Waals surface area contributed by atoms with Crippen LogP contribution in [0.25, 0.3) is 109 Å². The van der Waals surface area contributed by atoms with Gasteiger partial charge in [0.05, 0.1) is 0 Å². The molecule has 20 aromatic rings. The van der Waals surface area contributed by atoms with E-state index >= 15 is 0 Å². The van der Waals surface area contributed by atoms with E-state index in [1.54, 1.807) is 0 Å². The van der Waals surface area contributed by atoms with Gasteiger partial charge in [0.1, 0.15) is 0 Å². The molecule has 0 aliphatic carbocycles. The third kappa shape index (κ3) is 17.3. The summed E-state index contributed by atoms with van der Waals surface area (Å²) < 4.78 is 0. The van der Waals surface area contributed by atoms with Crippen LogP contribution < -0.4 is 24.5 Å². The Kier molecular flexibility index (Phi) is 23.2. The smallest absolute Gasteiger partial charge is 0.0487 e. The fourth-order valence-corrected chi connectivity index (χ4v) is 15.4. The number of rotatable bonds is 13. The summed E-state index contributed by atoms with van der Waals surface area (Å²) in [6.07, 6.45) is 0. The fourth-order valence-electron chi connectivity index (χ4n) is 15.4. The molecule has 560 valence electrons. The second kappa shape index (κ2) is 35.7. The molecule has 0 radical (unpaired) electrons. The number of hydrogen-bond donors (Lipinski definition) is 0. The third-order valence-electron chi connectivity index (χ3n) is 21.9. The van der Waals surface area contributed by atoms with Crippen LogP contribution in [-0.4, -0.2) is 35.2 Å². The lowest BCUT2D eigenvalue weighted by Crippen LogP contribution is -2.10. The zero-order valence-electron chi connectivity index (χ0n) is 66.1. The lowest BCUT2D eigenvalue weighted by molar-refractivity contribution is 1.21. The average molecular weight is 1490 g/mol. The van der Waals surface area contributed by atoms with Gasteiger partial charge in [-0.25, -0.2) is 0 Å². The highest BCUT2D eigenvalue weighted by Gasteiger charge is 2.15. The van der Waals surface area contributed by atoms with E-state index in [1.807, 2.05) is 12.1 Å². The van der Waals surface area contributed by atoms with E-state index in [9.17, 15) is 0 Å². The Morgan fingerprint density at radius 3 is 0.681 bits per heavy atom. The Hall–Kier alpha value is -14.8. The van der Waals surface area contributed by atoms with Crippen molar-refractivity contribution in [1.29, 1.82) is 0 Å². The van der Waals surface area contributed by atoms with Crippen molar-refractivity contribution in [1.82, 2.24) is 0 Å². The minimum atomic E-state index is 1.19. The highest BCUT2D eigenvalue weighted by molar-refractivity contribution is 6.02. The standard InChI is InChI=1S/3C23H19N.2C21H17N/c1-24(23-16-8-12-19-11-5-6-15-22(19)23)21-14-7-13-20(17-21)18-9-3-2-4-10-18;1-24(23-13-7-11-20-10-5-6-12-22(20)23)21-16-14-19(15-17-21)18-8-3-2-4-9-18;1-24(23-16-13-19-9-5-6-10-21(19)17-23)22-14-11-20(12-15-22)18-7-3-2-4-8-18;1-22(20-14-6-10-16-8-2-4-12-18(16)20)21-15-7-11-17-9-3-5-13-19(17)21;1-22(20-12-10-16-6-2-4-8-18(16)14-20)21-13-11-17-7-3-5-9-19(17)15-21/h3*2-17H,1H3;2*2-15H,1H3. The lowest BCUT2D eigenvalue weighted by Gasteiger charge is -2.23. The maximum atomic E-state index is 2.28. The van der Waals surface area contributed by atoms with Crippen molar-refractivity contribution in [3.63, 3.8) is 0 Å². The minimum Gasteiger partial charge on any atom is -0.345 e. The van der Waals surface area contributed by atoms with Gasteiger partial charge in [-0.15, -0.1) is 0 Å². The van der Waals surface area contributed by atoms with Gasteiger partial charge in [0.25, 0.3) is 0 Å². The van der Waals surface area contributed by atoms with Crippen molar-refractivity contribution in [2.75, 3.05) is 59.7 Å². The number of anilines is 10. The molecule has 0 aliphatic heterocycles. The normalized spacial score (nSPS) is 10.8. The zero-order chi connectivity index (χ0) is 78.9. The van der Waals surface area contributed by atoms with Crippen LogP contribution in [-0.2, 0) is 0 Å². The van der Waals surface area contributed by atoms with Gasteiger partial charge in [0, 0.05) is 114 Å². The van der Waals surface area contributed by atoms with Crippen molar-refractivity contribution in [3.8, 4) is 33.4 Å². The van der Waals surface area contributed by atoms with E-state index < -0.39 is 0 Å². The molecule has 0 unspecified atom stereocenters. The summed E-state index contributed by atoms with van der Waals surface area (Å²) >= 11 is 0. The highest BCUT2D eigenvalue weighted by Crippen LogP contribution is 2.39. The first-order chi connectivity index (χ1) is 57.1. The van der Waals surface area contributed by atoms with E-state index in [2.05, 4.69) is 509 Å². The van der Waals surface area contributed by atoms with Crippen LogP contribution in [0.3, 0.4) is 0 Å². The Morgan fingerprint density at radius 2 is 0.336 bits per heavy atom. The molecule has 5 heteroatoms. The van der Waals surface area contributed by atoms with Crippen LogP contribution in [0.5, 0.6) is 0 Å². The maximum absolute atomic E-state index is 2.28. The largest absolute Gasteiger partial charge is 0.345 e. The summed E-state index contributed by atoms with van der Waals surface area (Å²) in [6.45, 7) is 0. The molecule has 0 saturated carbocycles. The van der Waals surface area contributed by atoms with Gasteiger partial charge in [-0.3, -0.25) is 0 Å². The molecule has 0 saturated heterocycles. The van der Waals surface area contributed by atoms with Gasteiger partial charge < -0.3 is 24.5 Å². The van der Waals surface area contributed by atoms with Crippen molar-refractivity contribution in [3.05, 3.63) is 461 Å². The van der Waals surface area contributed by atoms with Gasteiger partial charge in [-0.2, -0.15) is 0 Å². The number of fused-ring (bicyclic) bond motifs is 7. The molecule has 0 spiro atoms. The molecule has 0 aromatic heterocycles. The van der Waals surface area contributed by atoms with Crippen molar-refractivity contribution in [2.45, 2.75) is 0 Å². The van der Waals surface area contributed by atoms with Crippen LogP contribution in [0.15, 0.2) is 461 Å². The van der Waals surface area contributed by atoms with E-state index in [0.717, 1.165) is 0 Å². The minimum absolute atomic E-state index is 1.19. The Labute approximate surface area is 682 Å². The Morgan fingerprint density at radius 1 is 0.121 bits per heavy atom. The van der Waals surface area contributed by atoms with E-state index in [-0.39, 0.29) is 0 Å². The molecule has 0 atom stereocenters. The van der Waals surface area contributed by atoms with E-state index in [4.69, 9.17) is 0 Å². The van der Waals surface area contributed by atoms with Crippen molar-refractivity contribution in [2.24, 2.45) is 0 Å². The van der Waals surface area contributed by atoms with Gasteiger partial charge in [0.15, 0.2) is 0 Å². The van der Waals surface area contributed by atoms with Crippen molar-refractivity contribution >= 4 is 132 Å². The van der Waals surface area contributed by atoms with Crippen LogP contribution in [0.4, 0.5) is 56.9 Å². The fraction of sp³-hybridized carbons (Fsp3) is 0.0450. The molecular weight excluding hydrogens is 1400 g/mol. The monoisotopic (exact) mass is 1490 g/mol. The summed E-state index contributed by atoms with van der Waals surface area (Å²) in [6, 6.07) is 163. The van der Waals surface area contributed by atoms with Gasteiger partial charge in [-0.05, 0) is 184 Å². The molecule has 0 amide bonds. The van der Waals surface area contributed by atoms with Gasteiger partial charge in [0.2, 0.25) is 0 Å². The predicted octanol–water partition coefficient (Wildman–Crippen LogP) is 30.3.